The smallest absolute Gasteiger partial charge is 0.0639 e. The molecule has 0 aromatic heterocycles. The van der Waals surface area contributed by atoms with Crippen molar-refractivity contribution < 1.29 is 0 Å². The zero-order valence-corrected chi connectivity index (χ0v) is 11.6. The molecule has 1 heterocycles. The molecule has 0 aliphatic carbocycles. The van der Waals surface area contributed by atoms with Gasteiger partial charge in [-0.05, 0) is 39.3 Å². The highest BCUT2D eigenvalue weighted by Gasteiger charge is 2.31. The van der Waals surface area contributed by atoms with Crippen LogP contribution in [0.1, 0.15) is 27.2 Å². The van der Waals surface area contributed by atoms with E-state index in [1.807, 2.05) is 12.1 Å². The first-order valence-electron chi connectivity index (χ1n) is 6.26. The molecule has 3 heteroatoms. The second kappa shape index (κ2) is 4.87. The molecule has 0 amide bonds. The highest BCUT2D eigenvalue weighted by atomic mass is 35.5. The summed E-state index contributed by atoms with van der Waals surface area (Å²) < 4.78 is 0. The number of benzene rings is 1. The van der Waals surface area contributed by atoms with Crippen molar-refractivity contribution >= 4 is 17.3 Å². The Morgan fingerprint density at radius 2 is 2.06 bits per heavy atom. The van der Waals surface area contributed by atoms with Gasteiger partial charge in [-0.25, -0.2) is 0 Å². The lowest BCUT2D eigenvalue weighted by atomic mass is 10.0. The van der Waals surface area contributed by atoms with Gasteiger partial charge in [-0.15, -0.1) is 0 Å². The Morgan fingerprint density at radius 3 is 2.76 bits per heavy atom. The third-order valence-corrected chi connectivity index (χ3v) is 3.86. The second-order valence-corrected chi connectivity index (χ2v) is 5.89. The quantitative estimate of drug-likeness (QED) is 0.825. The molecular formula is C14H21ClN2. The van der Waals surface area contributed by atoms with Crippen molar-refractivity contribution in [2.75, 3.05) is 18.0 Å². The first-order chi connectivity index (χ1) is 8.00. The van der Waals surface area contributed by atoms with Crippen LogP contribution in [0.4, 0.5) is 5.69 Å². The number of para-hydroxylation sites is 1. The van der Waals surface area contributed by atoms with Crippen LogP contribution in [0.2, 0.25) is 5.02 Å². The number of halogens is 1. The molecule has 0 radical (unpaired) electrons. The summed E-state index contributed by atoms with van der Waals surface area (Å²) in [6.45, 7) is 8.80. The number of rotatable bonds is 1. The molecule has 1 aliphatic rings. The van der Waals surface area contributed by atoms with E-state index in [0.29, 0.717) is 6.04 Å². The van der Waals surface area contributed by atoms with Gasteiger partial charge in [0.15, 0.2) is 0 Å². The molecule has 1 aliphatic heterocycles. The van der Waals surface area contributed by atoms with Gasteiger partial charge in [0.25, 0.3) is 0 Å². The van der Waals surface area contributed by atoms with Crippen LogP contribution in [0.15, 0.2) is 24.3 Å². The van der Waals surface area contributed by atoms with Crippen LogP contribution in [-0.4, -0.2) is 24.7 Å². The predicted molar refractivity (Wildman–Crippen MR) is 75.0 cm³/mol. The van der Waals surface area contributed by atoms with Gasteiger partial charge in [0.2, 0.25) is 0 Å². The second-order valence-electron chi connectivity index (χ2n) is 5.49. The summed E-state index contributed by atoms with van der Waals surface area (Å²) in [6, 6.07) is 8.69. The maximum absolute atomic E-state index is 6.31. The monoisotopic (exact) mass is 252 g/mol. The standard InChI is InChI=1S/C14H21ClN2/c1-11-8-9-17(14(2,3)10-16-11)13-7-5-4-6-12(13)15/h4-7,11,16H,8-10H2,1-3H3. The molecule has 0 bridgehead atoms. The van der Waals surface area contributed by atoms with Gasteiger partial charge in [-0.1, -0.05) is 23.7 Å². The summed E-state index contributed by atoms with van der Waals surface area (Å²) in [7, 11) is 0. The minimum atomic E-state index is 0.0930. The van der Waals surface area contributed by atoms with E-state index in [2.05, 4.69) is 43.1 Å². The first-order valence-corrected chi connectivity index (χ1v) is 6.64. The first kappa shape index (κ1) is 12.7. The fourth-order valence-electron chi connectivity index (χ4n) is 2.36. The Labute approximate surface area is 109 Å². The summed E-state index contributed by atoms with van der Waals surface area (Å²) in [5.41, 5.74) is 1.24. The van der Waals surface area contributed by atoms with Crippen LogP contribution < -0.4 is 10.2 Å². The van der Waals surface area contributed by atoms with Crippen molar-refractivity contribution in [3.63, 3.8) is 0 Å². The van der Waals surface area contributed by atoms with Crippen LogP contribution >= 0.6 is 11.6 Å². The fourth-order valence-corrected chi connectivity index (χ4v) is 2.60. The predicted octanol–water partition coefficient (Wildman–Crippen LogP) is 3.31. The topological polar surface area (TPSA) is 15.3 Å². The maximum atomic E-state index is 6.31. The molecule has 94 valence electrons. The van der Waals surface area contributed by atoms with Gasteiger partial charge in [-0.2, -0.15) is 0 Å². The van der Waals surface area contributed by atoms with Crippen molar-refractivity contribution in [2.24, 2.45) is 0 Å². The normalized spacial score (nSPS) is 24.5. The van der Waals surface area contributed by atoms with E-state index in [1.165, 1.54) is 0 Å². The number of hydrogen-bond acceptors (Lipinski definition) is 2. The third-order valence-electron chi connectivity index (χ3n) is 3.54. The van der Waals surface area contributed by atoms with Crippen molar-refractivity contribution in [1.82, 2.24) is 5.32 Å². The maximum Gasteiger partial charge on any atom is 0.0639 e. The molecule has 0 spiro atoms. The van der Waals surface area contributed by atoms with E-state index in [1.54, 1.807) is 0 Å². The highest BCUT2D eigenvalue weighted by molar-refractivity contribution is 6.33. The molecule has 1 N–H and O–H groups in total. The number of anilines is 1. The Hall–Kier alpha value is -0.730. The number of nitrogens with zero attached hydrogens (tertiary/aromatic N) is 1. The molecule has 17 heavy (non-hydrogen) atoms. The largest absolute Gasteiger partial charge is 0.364 e. The molecule has 2 rings (SSSR count). The summed E-state index contributed by atoms with van der Waals surface area (Å²) in [5.74, 6) is 0. The van der Waals surface area contributed by atoms with E-state index >= 15 is 0 Å². The van der Waals surface area contributed by atoms with E-state index in [-0.39, 0.29) is 5.54 Å². The lowest BCUT2D eigenvalue weighted by molar-refractivity contribution is 0.447. The van der Waals surface area contributed by atoms with E-state index in [0.717, 1.165) is 30.2 Å². The van der Waals surface area contributed by atoms with Crippen molar-refractivity contribution in [3.8, 4) is 0 Å². The average Bonchev–Trinajstić information content (AvgIpc) is 2.40. The third kappa shape index (κ3) is 2.75. The molecule has 2 nitrogen and oxygen atoms in total. The van der Waals surface area contributed by atoms with Crippen LogP contribution in [0.25, 0.3) is 0 Å². The van der Waals surface area contributed by atoms with Crippen LogP contribution in [0, 0.1) is 0 Å². The summed E-state index contributed by atoms with van der Waals surface area (Å²) in [5, 5.41) is 4.41. The molecule has 1 aromatic carbocycles. The molecule has 0 saturated carbocycles. The van der Waals surface area contributed by atoms with Crippen LogP contribution in [0.5, 0.6) is 0 Å². The molecule has 1 atom stereocenters. The minimum absolute atomic E-state index is 0.0930. The highest BCUT2D eigenvalue weighted by Crippen LogP contribution is 2.32. The van der Waals surface area contributed by atoms with Gasteiger partial charge in [0.05, 0.1) is 10.7 Å². The Balaban J connectivity index is 2.32. The molecular weight excluding hydrogens is 232 g/mol. The van der Waals surface area contributed by atoms with Gasteiger partial charge in [-0.3, -0.25) is 0 Å². The van der Waals surface area contributed by atoms with Gasteiger partial charge in [0.1, 0.15) is 0 Å². The minimum Gasteiger partial charge on any atom is -0.364 e. The SMILES string of the molecule is CC1CCN(c2ccccc2Cl)C(C)(C)CN1. The summed E-state index contributed by atoms with van der Waals surface area (Å²) in [4.78, 5) is 2.42. The van der Waals surface area contributed by atoms with Crippen LogP contribution in [-0.2, 0) is 0 Å². The summed E-state index contributed by atoms with van der Waals surface area (Å²) >= 11 is 6.31. The van der Waals surface area contributed by atoms with Gasteiger partial charge in [0, 0.05) is 24.7 Å². The van der Waals surface area contributed by atoms with E-state index < -0.39 is 0 Å². The Kier molecular flexibility index (Phi) is 3.64. The van der Waals surface area contributed by atoms with Crippen molar-refractivity contribution in [1.29, 1.82) is 0 Å². The number of hydrogen-bond donors (Lipinski definition) is 1. The van der Waals surface area contributed by atoms with Gasteiger partial charge < -0.3 is 10.2 Å². The Morgan fingerprint density at radius 1 is 1.35 bits per heavy atom. The van der Waals surface area contributed by atoms with Crippen LogP contribution in [0.3, 0.4) is 0 Å². The van der Waals surface area contributed by atoms with Crippen molar-refractivity contribution in [3.05, 3.63) is 29.3 Å². The fraction of sp³-hybridized carbons (Fsp3) is 0.571. The van der Waals surface area contributed by atoms with Crippen molar-refractivity contribution in [2.45, 2.75) is 38.8 Å². The zero-order valence-electron chi connectivity index (χ0n) is 10.8. The molecule has 1 saturated heterocycles. The molecule has 1 fully saturated rings. The van der Waals surface area contributed by atoms with E-state index in [4.69, 9.17) is 11.6 Å². The Bertz CT molecular complexity index is 390. The average molecular weight is 253 g/mol. The summed E-state index contributed by atoms with van der Waals surface area (Å²) in [6.07, 6.45) is 1.15. The number of nitrogens with one attached hydrogen (secondary N) is 1. The lowest BCUT2D eigenvalue weighted by Crippen LogP contribution is -2.49. The molecule has 1 aromatic rings. The van der Waals surface area contributed by atoms with E-state index in [9.17, 15) is 0 Å². The molecule has 1 unspecified atom stereocenters. The lowest BCUT2D eigenvalue weighted by Gasteiger charge is -2.39. The van der Waals surface area contributed by atoms with Gasteiger partial charge >= 0.3 is 0 Å². The zero-order chi connectivity index (χ0) is 12.5.